The van der Waals surface area contributed by atoms with Gasteiger partial charge in [-0.15, -0.1) is 0 Å². The monoisotopic (exact) mass is 392 g/mol. The Balaban J connectivity index is 1.81. The molecular formula is C23H24N2O4. The fourth-order valence-electron chi connectivity index (χ4n) is 3.76. The maximum Gasteiger partial charge on any atom is 0.231 e. The summed E-state index contributed by atoms with van der Waals surface area (Å²) in [6, 6.07) is 8.90. The van der Waals surface area contributed by atoms with Gasteiger partial charge in [0, 0.05) is 34.8 Å². The van der Waals surface area contributed by atoms with Crippen LogP contribution in [0.3, 0.4) is 0 Å². The standard InChI is InChI=1S/C23H24N2O4/c1-5-25-12-14(17-11-15(28-4)6-8-19(17)25)10-21-22(27)16-7-9-20(26)18(13-24(2)3)23(16)29-21/h6-12,26H,5,13H2,1-4H3/b21-10+. The highest BCUT2D eigenvalue weighted by atomic mass is 16.5. The highest BCUT2D eigenvalue weighted by Gasteiger charge is 2.30. The fraction of sp³-hybridized carbons (Fsp3) is 0.261. The average molecular weight is 392 g/mol. The molecule has 1 aliphatic rings. The molecule has 2 aromatic carbocycles. The van der Waals surface area contributed by atoms with Crippen molar-refractivity contribution in [1.82, 2.24) is 4.57 Å². The second-order valence-electron chi connectivity index (χ2n) is 7.50. The number of rotatable bonds is 5. The van der Waals surface area contributed by atoms with E-state index in [4.69, 9.17) is 9.47 Å². The topological polar surface area (TPSA) is 68.0 Å². The van der Waals surface area contributed by atoms with E-state index < -0.39 is 0 Å². The van der Waals surface area contributed by atoms with Crippen LogP contribution in [0.2, 0.25) is 0 Å². The zero-order valence-electron chi connectivity index (χ0n) is 17.0. The predicted octanol–water partition coefficient (Wildman–Crippen LogP) is 2.00. The number of nitrogens with one attached hydrogen (secondary N) is 1. The summed E-state index contributed by atoms with van der Waals surface area (Å²) in [5.41, 5.74) is 2.92. The number of ether oxygens (including phenoxy) is 2. The largest absolute Gasteiger partial charge is 0.872 e. The van der Waals surface area contributed by atoms with E-state index in [1.807, 2.05) is 38.5 Å². The molecule has 0 spiro atoms. The SMILES string of the molecule is CCn1cc(/C=C2/Oc3c(ccc([O-])c3C[NH+](C)C)C2=O)c2cc(OC)ccc21. The molecule has 1 N–H and O–H groups in total. The Morgan fingerprint density at radius 3 is 2.72 bits per heavy atom. The number of carbonyl (C=O) groups is 1. The number of allylic oxidation sites excluding steroid dienone is 1. The maximum absolute atomic E-state index is 13.0. The molecule has 1 aromatic heterocycles. The summed E-state index contributed by atoms with van der Waals surface area (Å²) < 4.78 is 13.4. The van der Waals surface area contributed by atoms with E-state index >= 15 is 0 Å². The van der Waals surface area contributed by atoms with Crippen molar-refractivity contribution >= 4 is 22.8 Å². The van der Waals surface area contributed by atoms with Crippen molar-refractivity contribution in [2.75, 3.05) is 21.2 Å². The van der Waals surface area contributed by atoms with Crippen LogP contribution in [0.1, 0.15) is 28.4 Å². The Bertz CT molecular complexity index is 1140. The van der Waals surface area contributed by atoms with Crippen molar-refractivity contribution < 1.29 is 24.3 Å². The Morgan fingerprint density at radius 2 is 2.03 bits per heavy atom. The van der Waals surface area contributed by atoms with E-state index in [-0.39, 0.29) is 17.3 Å². The van der Waals surface area contributed by atoms with Crippen molar-refractivity contribution in [1.29, 1.82) is 0 Å². The first-order valence-electron chi connectivity index (χ1n) is 9.66. The summed E-state index contributed by atoms with van der Waals surface area (Å²) in [5.74, 6) is 1.08. The molecule has 0 bridgehead atoms. The summed E-state index contributed by atoms with van der Waals surface area (Å²) >= 11 is 0. The molecule has 0 unspecified atom stereocenters. The van der Waals surface area contributed by atoms with Gasteiger partial charge in [-0.3, -0.25) is 4.79 Å². The van der Waals surface area contributed by atoms with Crippen molar-refractivity contribution in [2.45, 2.75) is 20.0 Å². The van der Waals surface area contributed by atoms with Gasteiger partial charge in [-0.05, 0) is 37.3 Å². The molecule has 0 radical (unpaired) electrons. The van der Waals surface area contributed by atoms with Gasteiger partial charge in [0.25, 0.3) is 0 Å². The Labute approximate surface area is 169 Å². The van der Waals surface area contributed by atoms with Gasteiger partial charge in [0.15, 0.2) is 5.76 Å². The lowest BCUT2D eigenvalue weighted by Crippen LogP contribution is -3.04. The van der Waals surface area contributed by atoms with Crippen LogP contribution >= 0.6 is 0 Å². The first-order valence-corrected chi connectivity index (χ1v) is 9.66. The molecule has 150 valence electrons. The van der Waals surface area contributed by atoms with Crippen LogP contribution in [0, 0.1) is 0 Å². The van der Waals surface area contributed by atoms with Crippen molar-refractivity contribution in [3.63, 3.8) is 0 Å². The first kappa shape index (κ1) is 19.1. The van der Waals surface area contributed by atoms with Crippen LogP contribution in [0.5, 0.6) is 17.2 Å². The van der Waals surface area contributed by atoms with Crippen LogP contribution in [0.4, 0.5) is 0 Å². The number of hydrogen-bond donors (Lipinski definition) is 1. The van der Waals surface area contributed by atoms with Crippen molar-refractivity contribution in [3.8, 4) is 17.2 Å². The zero-order chi connectivity index (χ0) is 20.7. The van der Waals surface area contributed by atoms with E-state index in [1.165, 1.54) is 6.07 Å². The molecule has 0 saturated heterocycles. The Hall–Kier alpha value is -3.25. The summed E-state index contributed by atoms with van der Waals surface area (Å²) in [6.07, 6.45) is 3.76. The molecule has 6 nitrogen and oxygen atoms in total. The van der Waals surface area contributed by atoms with E-state index in [1.54, 1.807) is 19.3 Å². The Kier molecular flexibility index (Phi) is 4.80. The third kappa shape index (κ3) is 3.25. The van der Waals surface area contributed by atoms with Crippen molar-refractivity contribution in [2.24, 2.45) is 0 Å². The number of fused-ring (bicyclic) bond motifs is 2. The molecule has 4 rings (SSSR count). The molecule has 0 fully saturated rings. The van der Waals surface area contributed by atoms with E-state index in [9.17, 15) is 9.90 Å². The molecule has 0 amide bonds. The Morgan fingerprint density at radius 1 is 1.24 bits per heavy atom. The number of quaternary nitrogens is 1. The molecule has 0 saturated carbocycles. The second kappa shape index (κ2) is 7.29. The first-order chi connectivity index (χ1) is 13.9. The van der Waals surface area contributed by atoms with Crippen molar-refractivity contribution in [3.05, 3.63) is 59.0 Å². The number of aryl methyl sites for hydroxylation is 1. The minimum absolute atomic E-state index is 0.105. The summed E-state index contributed by atoms with van der Waals surface area (Å²) in [7, 11) is 5.55. The van der Waals surface area contributed by atoms with Gasteiger partial charge in [0.05, 0.1) is 26.8 Å². The second-order valence-corrected chi connectivity index (χ2v) is 7.50. The van der Waals surface area contributed by atoms with Gasteiger partial charge >= 0.3 is 0 Å². The third-order valence-corrected chi connectivity index (χ3v) is 5.17. The quantitative estimate of drug-likeness (QED) is 0.675. The number of ketones is 1. The number of benzene rings is 2. The molecule has 3 aromatic rings. The predicted molar refractivity (Wildman–Crippen MR) is 110 cm³/mol. The number of aromatic nitrogens is 1. The summed E-state index contributed by atoms with van der Waals surface area (Å²) in [6.45, 7) is 3.37. The van der Waals surface area contributed by atoms with E-state index in [0.717, 1.165) is 33.7 Å². The van der Waals surface area contributed by atoms with Gasteiger partial charge in [-0.2, -0.15) is 0 Å². The molecule has 29 heavy (non-hydrogen) atoms. The lowest BCUT2D eigenvalue weighted by atomic mass is 10.0. The van der Waals surface area contributed by atoms with E-state index in [2.05, 4.69) is 11.5 Å². The van der Waals surface area contributed by atoms with Crippen LogP contribution < -0.4 is 19.5 Å². The molecule has 6 heteroatoms. The van der Waals surface area contributed by atoms with Crippen LogP contribution in [-0.4, -0.2) is 31.6 Å². The molecule has 0 atom stereocenters. The van der Waals surface area contributed by atoms with Gasteiger partial charge in [-0.25, -0.2) is 0 Å². The lowest BCUT2D eigenvalue weighted by Gasteiger charge is -2.17. The summed E-state index contributed by atoms with van der Waals surface area (Å²) in [5, 5.41) is 13.3. The van der Waals surface area contributed by atoms with Gasteiger partial charge < -0.3 is 24.0 Å². The highest BCUT2D eigenvalue weighted by Crippen LogP contribution is 2.39. The van der Waals surface area contributed by atoms with Crippen LogP contribution in [-0.2, 0) is 13.1 Å². The molecule has 0 aliphatic carbocycles. The zero-order valence-corrected chi connectivity index (χ0v) is 17.0. The normalized spacial score (nSPS) is 14.7. The highest BCUT2D eigenvalue weighted by molar-refractivity contribution is 6.15. The number of hydrogen-bond acceptors (Lipinski definition) is 4. The number of carbonyl (C=O) groups excluding carboxylic acids is 1. The average Bonchev–Trinajstić information content (AvgIpc) is 3.21. The molecule has 2 heterocycles. The number of nitrogens with zero attached hydrogens (tertiary/aromatic N) is 1. The molecule has 1 aliphatic heterocycles. The van der Waals surface area contributed by atoms with Gasteiger partial charge in [0.1, 0.15) is 18.0 Å². The number of methoxy groups -OCH3 is 1. The molecular weight excluding hydrogens is 368 g/mol. The van der Waals surface area contributed by atoms with Crippen LogP contribution in [0.25, 0.3) is 17.0 Å². The van der Waals surface area contributed by atoms with Gasteiger partial charge in [0.2, 0.25) is 5.78 Å². The van der Waals surface area contributed by atoms with Gasteiger partial charge in [-0.1, -0.05) is 11.8 Å². The maximum atomic E-state index is 13.0. The summed E-state index contributed by atoms with van der Waals surface area (Å²) in [4.78, 5) is 14.0. The number of Topliss-reactive ketones (excluding diaryl/α,β-unsaturated/α-hetero) is 1. The van der Waals surface area contributed by atoms with Crippen LogP contribution in [0.15, 0.2) is 42.3 Å². The fourth-order valence-corrected chi connectivity index (χ4v) is 3.76. The third-order valence-electron chi connectivity index (χ3n) is 5.17. The van der Waals surface area contributed by atoms with E-state index in [0.29, 0.717) is 23.4 Å². The lowest BCUT2D eigenvalue weighted by molar-refractivity contribution is -0.872. The minimum atomic E-state index is -0.199. The minimum Gasteiger partial charge on any atom is -0.872 e. The smallest absolute Gasteiger partial charge is 0.231 e.